The monoisotopic (exact) mass is 257 g/mol. The highest BCUT2D eigenvalue weighted by Gasteiger charge is 2.33. The number of hydrogen-bond acceptors (Lipinski definition) is 2. The van der Waals surface area contributed by atoms with Crippen molar-refractivity contribution in [1.29, 1.82) is 0 Å². The van der Waals surface area contributed by atoms with Crippen LogP contribution in [0.25, 0.3) is 0 Å². The molecule has 0 radical (unpaired) electrons. The summed E-state index contributed by atoms with van der Waals surface area (Å²) in [6.45, 7) is 12.2. The number of carbonyl (C=O) groups is 2. The molecule has 0 aromatic heterocycles. The number of imide groups is 1. The number of carboxylic acid groups (broad SMARTS) is 2. The van der Waals surface area contributed by atoms with Gasteiger partial charge in [0.25, 0.3) is 0 Å². The summed E-state index contributed by atoms with van der Waals surface area (Å²) in [6.07, 6.45) is -0.228. The molecule has 0 saturated heterocycles. The second-order valence-corrected chi connectivity index (χ2v) is 6.49. The molecule has 0 unspecified atom stereocenters. The highest BCUT2D eigenvalue weighted by atomic mass is 16.4. The molecule has 0 rings (SSSR count). The van der Waals surface area contributed by atoms with Crippen molar-refractivity contribution < 1.29 is 19.8 Å². The largest absolute Gasteiger partial charge is 0.464 e. The molecule has 104 valence electrons. The smallest absolute Gasteiger partial charge is 0.421 e. The van der Waals surface area contributed by atoms with Gasteiger partial charge in [0.2, 0.25) is 0 Å². The molecular formula is C13H23NO4. The van der Waals surface area contributed by atoms with Crippen molar-refractivity contribution in [3.05, 3.63) is 12.3 Å². The van der Waals surface area contributed by atoms with Crippen molar-refractivity contribution in [3.8, 4) is 0 Å². The SMILES string of the molecule is CC(C)(C)C(C=CN(C(=O)O)C(=O)O)C(C)(C)C. The number of hydrogen-bond donors (Lipinski definition) is 2. The zero-order valence-electron chi connectivity index (χ0n) is 11.9. The topological polar surface area (TPSA) is 77.8 Å². The second-order valence-electron chi connectivity index (χ2n) is 6.49. The van der Waals surface area contributed by atoms with Gasteiger partial charge >= 0.3 is 12.2 Å². The first kappa shape index (κ1) is 16.5. The molecule has 2 N–H and O–H groups in total. The molecule has 0 bridgehead atoms. The molecule has 0 aromatic carbocycles. The predicted octanol–water partition coefficient (Wildman–Crippen LogP) is 3.87. The maximum atomic E-state index is 10.7. The molecule has 5 nitrogen and oxygen atoms in total. The van der Waals surface area contributed by atoms with Crippen LogP contribution >= 0.6 is 0 Å². The average Bonchev–Trinajstić information content (AvgIpc) is 2.06. The van der Waals surface area contributed by atoms with Gasteiger partial charge < -0.3 is 10.2 Å². The Morgan fingerprint density at radius 3 is 1.50 bits per heavy atom. The van der Waals surface area contributed by atoms with Crippen molar-refractivity contribution in [2.24, 2.45) is 16.7 Å². The lowest BCUT2D eigenvalue weighted by atomic mass is 9.67. The van der Waals surface area contributed by atoms with E-state index in [-0.39, 0.29) is 21.6 Å². The molecule has 0 heterocycles. The molecule has 0 fully saturated rings. The maximum absolute atomic E-state index is 10.7. The molecule has 0 atom stereocenters. The van der Waals surface area contributed by atoms with Gasteiger partial charge in [-0.25, -0.2) is 9.59 Å². The third-order valence-electron chi connectivity index (χ3n) is 2.71. The lowest BCUT2D eigenvalue weighted by molar-refractivity contribution is 0.132. The lowest BCUT2D eigenvalue weighted by Gasteiger charge is -2.38. The fourth-order valence-corrected chi connectivity index (χ4v) is 2.26. The van der Waals surface area contributed by atoms with E-state index in [1.807, 2.05) is 41.5 Å². The standard InChI is InChI=1S/C13H23NO4/c1-12(2,3)9(13(4,5)6)7-8-14(10(15)16)11(17)18/h7-9H,1-6H3,(H,15,16)(H,17,18). The van der Waals surface area contributed by atoms with Crippen molar-refractivity contribution in [2.75, 3.05) is 0 Å². The Labute approximate surface area is 108 Å². The first-order chi connectivity index (χ1) is 7.87. The molecular weight excluding hydrogens is 234 g/mol. The van der Waals surface area contributed by atoms with E-state index >= 15 is 0 Å². The number of allylic oxidation sites excluding steroid dienone is 1. The maximum Gasteiger partial charge on any atom is 0.421 e. The third-order valence-corrected chi connectivity index (χ3v) is 2.71. The van der Waals surface area contributed by atoms with Crippen LogP contribution in [0, 0.1) is 16.7 Å². The van der Waals surface area contributed by atoms with Crippen LogP contribution in [-0.4, -0.2) is 27.3 Å². The van der Waals surface area contributed by atoms with Gasteiger partial charge in [-0.3, -0.25) is 0 Å². The number of rotatable bonds is 2. The summed E-state index contributed by atoms with van der Waals surface area (Å²) in [5.74, 6) is 0.0474. The Kier molecular flexibility index (Phi) is 4.96. The predicted molar refractivity (Wildman–Crippen MR) is 69.4 cm³/mol. The minimum absolute atomic E-state index is 0.0474. The molecule has 0 aliphatic heterocycles. The van der Waals surface area contributed by atoms with Crippen molar-refractivity contribution in [2.45, 2.75) is 41.5 Å². The minimum Gasteiger partial charge on any atom is -0.464 e. The van der Waals surface area contributed by atoms with Gasteiger partial charge in [-0.05, 0) is 16.7 Å². The summed E-state index contributed by atoms with van der Waals surface area (Å²) in [6, 6.07) is 0. The summed E-state index contributed by atoms with van der Waals surface area (Å²) >= 11 is 0. The van der Waals surface area contributed by atoms with E-state index in [4.69, 9.17) is 10.2 Å². The van der Waals surface area contributed by atoms with Crippen LogP contribution in [0.4, 0.5) is 9.59 Å². The van der Waals surface area contributed by atoms with Crippen molar-refractivity contribution >= 4 is 12.2 Å². The quantitative estimate of drug-likeness (QED) is 0.787. The normalized spacial score (nSPS) is 13.1. The van der Waals surface area contributed by atoms with Gasteiger partial charge in [0.15, 0.2) is 0 Å². The lowest BCUT2D eigenvalue weighted by Crippen LogP contribution is -2.33. The summed E-state index contributed by atoms with van der Waals surface area (Å²) in [5, 5.41) is 17.5. The summed E-state index contributed by atoms with van der Waals surface area (Å²) in [5.41, 5.74) is -0.172. The van der Waals surface area contributed by atoms with E-state index < -0.39 is 12.2 Å². The van der Waals surface area contributed by atoms with E-state index in [1.165, 1.54) is 0 Å². The van der Waals surface area contributed by atoms with E-state index in [2.05, 4.69) is 0 Å². The molecule has 2 amide bonds. The fraction of sp³-hybridized carbons (Fsp3) is 0.692. The third kappa shape index (κ3) is 4.77. The fourth-order valence-electron chi connectivity index (χ4n) is 2.26. The van der Waals surface area contributed by atoms with E-state index in [9.17, 15) is 9.59 Å². The molecule has 0 aliphatic rings. The van der Waals surface area contributed by atoms with Crippen LogP contribution in [0.5, 0.6) is 0 Å². The van der Waals surface area contributed by atoms with Crippen LogP contribution in [0.1, 0.15) is 41.5 Å². The van der Waals surface area contributed by atoms with Crippen LogP contribution < -0.4 is 0 Å². The summed E-state index contributed by atoms with van der Waals surface area (Å²) in [7, 11) is 0. The van der Waals surface area contributed by atoms with Crippen LogP contribution in [-0.2, 0) is 0 Å². The second kappa shape index (κ2) is 5.42. The molecule has 5 heteroatoms. The first-order valence-electron chi connectivity index (χ1n) is 5.80. The van der Waals surface area contributed by atoms with Gasteiger partial charge in [0.05, 0.1) is 0 Å². The zero-order valence-corrected chi connectivity index (χ0v) is 11.9. The number of amides is 2. The van der Waals surface area contributed by atoms with E-state index in [0.29, 0.717) is 0 Å². The summed E-state index contributed by atoms with van der Waals surface area (Å²) in [4.78, 5) is 21.8. The molecule has 0 aromatic rings. The zero-order chi connectivity index (χ0) is 14.7. The number of nitrogens with zero attached hydrogens (tertiary/aromatic N) is 1. The van der Waals surface area contributed by atoms with Crippen LogP contribution in [0.3, 0.4) is 0 Å². The Balaban J connectivity index is 5.22. The van der Waals surface area contributed by atoms with Gasteiger partial charge in [-0.2, -0.15) is 4.90 Å². The van der Waals surface area contributed by atoms with E-state index in [0.717, 1.165) is 6.20 Å². The van der Waals surface area contributed by atoms with Gasteiger partial charge in [-0.15, -0.1) is 0 Å². The Bertz CT molecular complexity index is 319. The molecule has 18 heavy (non-hydrogen) atoms. The van der Waals surface area contributed by atoms with Crippen molar-refractivity contribution in [1.82, 2.24) is 4.90 Å². The Morgan fingerprint density at radius 1 is 0.944 bits per heavy atom. The highest BCUT2D eigenvalue weighted by Crippen LogP contribution is 2.40. The van der Waals surface area contributed by atoms with Gasteiger partial charge in [-0.1, -0.05) is 47.6 Å². The Hall–Kier alpha value is -1.52. The van der Waals surface area contributed by atoms with Crippen LogP contribution in [0.15, 0.2) is 12.3 Å². The molecule has 0 saturated carbocycles. The molecule has 0 spiro atoms. The first-order valence-corrected chi connectivity index (χ1v) is 5.80. The average molecular weight is 257 g/mol. The summed E-state index contributed by atoms with van der Waals surface area (Å²) < 4.78 is 0. The van der Waals surface area contributed by atoms with Gasteiger partial charge in [0, 0.05) is 6.20 Å². The highest BCUT2D eigenvalue weighted by molar-refractivity contribution is 5.86. The van der Waals surface area contributed by atoms with E-state index in [1.54, 1.807) is 6.08 Å². The van der Waals surface area contributed by atoms with Crippen molar-refractivity contribution in [3.63, 3.8) is 0 Å². The molecule has 0 aliphatic carbocycles. The van der Waals surface area contributed by atoms with Gasteiger partial charge in [0.1, 0.15) is 0 Å². The Morgan fingerprint density at radius 2 is 1.28 bits per heavy atom. The van der Waals surface area contributed by atoms with Crippen LogP contribution in [0.2, 0.25) is 0 Å². The minimum atomic E-state index is -1.50.